The van der Waals surface area contributed by atoms with Gasteiger partial charge in [-0.25, -0.2) is 4.79 Å². The number of hydrogen-bond donors (Lipinski definition) is 0. The Labute approximate surface area is 94.9 Å². The molecule has 14 heavy (non-hydrogen) atoms. The predicted molar refractivity (Wildman–Crippen MR) is 44.0 cm³/mol. The van der Waals surface area contributed by atoms with Gasteiger partial charge in [0.05, 0.1) is 7.11 Å². The van der Waals surface area contributed by atoms with Crippen LogP contribution in [0.1, 0.15) is 13.8 Å². The summed E-state index contributed by atoms with van der Waals surface area (Å²) in [4.78, 5) is 21.6. The maximum atomic E-state index is 11.0. The molecule has 0 heterocycles. The molecule has 0 rings (SSSR count). The van der Waals surface area contributed by atoms with Crippen LogP contribution >= 0.6 is 7.60 Å². The molecule has 0 saturated heterocycles. The van der Waals surface area contributed by atoms with Gasteiger partial charge < -0.3 is 14.2 Å². The second-order valence-corrected chi connectivity index (χ2v) is 4.26. The van der Waals surface area contributed by atoms with Crippen LogP contribution in [0.15, 0.2) is 0 Å². The Morgan fingerprint density at radius 2 is 2.00 bits per heavy atom. The van der Waals surface area contributed by atoms with Crippen molar-refractivity contribution in [3.05, 3.63) is 0 Å². The number of carbonyl (C=O) groups excluding carboxylic acids is 1. The van der Waals surface area contributed by atoms with Crippen molar-refractivity contribution >= 4 is 13.3 Å². The molecule has 0 aromatic heterocycles. The van der Waals surface area contributed by atoms with Crippen LogP contribution in [0, 0.1) is 12.3 Å². The van der Waals surface area contributed by atoms with Crippen LogP contribution in [-0.2, 0) is 13.8 Å². The van der Waals surface area contributed by atoms with Crippen LogP contribution in [0.2, 0.25) is 0 Å². The summed E-state index contributed by atoms with van der Waals surface area (Å²) in [6.45, 7) is 2.70. The number of terminal acetylenes is 1. The molecule has 74 valence electrons. The minimum absolute atomic E-state index is 0. The van der Waals surface area contributed by atoms with Crippen molar-refractivity contribution in [3.63, 3.8) is 0 Å². The molecule has 0 bridgehead atoms. The number of ether oxygens (including phenoxy) is 1. The Morgan fingerprint density at radius 3 is 2.29 bits per heavy atom. The van der Waals surface area contributed by atoms with Gasteiger partial charge >= 0.3 is 24.6 Å². The van der Waals surface area contributed by atoms with Crippen LogP contribution in [0.4, 0.5) is 4.79 Å². The summed E-state index contributed by atoms with van der Waals surface area (Å²) in [7, 11) is -3.73. The van der Waals surface area contributed by atoms with Crippen LogP contribution < -0.4 is 23.8 Å². The van der Waals surface area contributed by atoms with Crippen molar-refractivity contribution in [2.45, 2.75) is 19.4 Å². The number of rotatable bonds is 3. The van der Waals surface area contributed by atoms with Gasteiger partial charge in [-0.05, 0) is 13.8 Å². The van der Waals surface area contributed by atoms with E-state index in [2.05, 4.69) is 15.2 Å². The molecule has 0 saturated carbocycles. The zero-order valence-corrected chi connectivity index (χ0v) is 9.46. The summed E-state index contributed by atoms with van der Waals surface area (Å²) in [6.07, 6.45) is 4.97. The first-order chi connectivity index (χ1) is 5.75. The van der Waals surface area contributed by atoms with Crippen molar-refractivity contribution in [2.24, 2.45) is 0 Å². The van der Waals surface area contributed by atoms with E-state index in [9.17, 15) is 14.3 Å². The molecule has 5 nitrogen and oxygen atoms in total. The van der Waals surface area contributed by atoms with Crippen molar-refractivity contribution < 1.29 is 42.4 Å². The topological polar surface area (TPSA) is 75.7 Å². The van der Waals surface area contributed by atoms with Gasteiger partial charge in [0.2, 0.25) is 7.60 Å². The standard InChI is InChI=1S/C7H11O5P.Li/c1-5-7(2,3)12-13(9,10)6(8)11-4;/h1H,2-4H3,(H,9,10);/q;+1/p-1. The smallest absolute Gasteiger partial charge is 0.770 e. The van der Waals surface area contributed by atoms with E-state index in [0.717, 1.165) is 7.11 Å². The molecule has 0 aliphatic carbocycles. The Hall–Kier alpha value is -0.223. The Morgan fingerprint density at radius 1 is 1.57 bits per heavy atom. The SMILES string of the molecule is C#CC(C)(C)OP(=O)([O-])C(=O)OC.[Li+]. The zero-order chi connectivity index (χ0) is 10.7. The van der Waals surface area contributed by atoms with Crippen LogP contribution in [-0.4, -0.2) is 18.4 Å². The van der Waals surface area contributed by atoms with Crippen molar-refractivity contribution in [3.8, 4) is 12.3 Å². The molecule has 0 aromatic rings. The first-order valence-corrected chi connectivity index (χ1v) is 4.87. The molecule has 0 amide bonds. The fourth-order valence-corrected chi connectivity index (χ4v) is 1.43. The van der Waals surface area contributed by atoms with E-state index in [-0.39, 0.29) is 18.9 Å². The predicted octanol–water partition coefficient (Wildman–Crippen LogP) is -2.26. The third-order valence-electron chi connectivity index (χ3n) is 1.09. The van der Waals surface area contributed by atoms with Crippen LogP contribution in [0.5, 0.6) is 0 Å². The average molecular weight is 212 g/mol. The minimum atomic E-state index is -4.68. The number of carbonyl (C=O) groups is 1. The second kappa shape index (κ2) is 5.61. The summed E-state index contributed by atoms with van der Waals surface area (Å²) in [6, 6.07) is 0. The molecule has 0 N–H and O–H groups in total. The molecular formula is C7H10LiO5P. The van der Waals surface area contributed by atoms with Crippen molar-refractivity contribution in [1.82, 2.24) is 0 Å². The van der Waals surface area contributed by atoms with E-state index in [1.165, 1.54) is 13.8 Å². The second-order valence-electron chi connectivity index (χ2n) is 2.71. The van der Waals surface area contributed by atoms with Gasteiger partial charge in [-0.3, -0.25) is 4.57 Å². The molecule has 7 heteroatoms. The quantitative estimate of drug-likeness (QED) is 0.300. The Bertz CT molecular complexity index is 293. The molecule has 0 aliphatic rings. The summed E-state index contributed by atoms with van der Waals surface area (Å²) in [5, 5.41) is 0. The van der Waals surface area contributed by atoms with Gasteiger partial charge in [0.1, 0.15) is 5.60 Å². The molecule has 0 aliphatic heterocycles. The van der Waals surface area contributed by atoms with Gasteiger partial charge in [-0.2, -0.15) is 0 Å². The normalized spacial score (nSPS) is 14.5. The molecule has 0 aromatic carbocycles. The maximum Gasteiger partial charge on any atom is 1.00 e. The Kier molecular flexibility index (Phi) is 6.50. The molecule has 0 spiro atoms. The van der Waals surface area contributed by atoms with Gasteiger partial charge in [0.15, 0.2) is 0 Å². The zero-order valence-electron chi connectivity index (χ0n) is 8.57. The molecule has 0 radical (unpaired) electrons. The first kappa shape index (κ1) is 16.2. The monoisotopic (exact) mass is 212 g/mol. The summed E-state index contributed by atoms with van der Waals surface area (Å²) in [5.74, 6) is 2.07. The molecule has 0 fully saturated rings. The van der Waals surface area contributed by atoms with E-state index in [1.807, 2.05) is 0 Å². The van der Waals surface area contributed by atoms with E-state index in [1.54, 1.807) is 0 Å². The van der Waals surface area contributed by atoms with Crippen molar-refractivity contribution in [1.29, 1.82) is 0 Å². The van der Waals surface area contributed by atoms with E-state index in [0.29, 0.717) is 0 Å². The summed E-state index contributed by atoms with van der Waals surface area (Å²) in [5.41, 5.74) is -2.78. The molecular weight excluding hydrogens is 202 g/mol. The van der Waals surface area contributed by atoms with Crippen molar-refractivity contribution in [2.75, 3.05) is 7.11 Å². The van der Waals surface area contributed by atoms with E-state index >= 15 is 0 Å². The molecule has 1 unspecified atom stereocenters. The summed E-state index contributed by atoms with van der Waals surface area (Å²) >= 11 is 0. The van der Waals surface area contributed by atoms with Crippen LogP contribution in [0.3, 0.4) is 0 Å². The van der Waals surface area contributed by atoms with Gasteiger partial charge in [-0.1, -0.05) is 5.92 Å². The minimum Gasteiger partial charge on any atom is -0.770 e. The van der Waals surface area contributed by atoms with Gasteiger partial charge in [0.25, 0.3) is 0 Å². The largest absolute Gasteiger partial charge is 1.00 e. The van der Waals surface area contributed by atoms with E-state index in [4.69, 9.17) is 6.42 Å². The first-order valence-electron chi connectivity index (χ1n) is 3.33. The third kappa shape index (κ3) is 4.86. The number of methoxy groups -OCH3 is 1. The van der Waals surface area contributed by atoms with Crippen LogP contribution in [0.25, 0.3) is 0 Å². The maximum absolute atomic E-state index is 11.0. The molecule has 1 atom stereocenters. The Balaban J connectivity index is 0. The fourth-order valence-electron chi connectivity index (χ4n) is 0.476. The fraction of sp³-hybridized carbons (Fsp3) is 0.571. The van der Waals surface area contributed by atoms with E-state index < -0.39 is 18.9 Å². The number of hydrogen-bond acceptors (Lipinski definition) is 5. The van der Waals surface area contributed by atoms with Gasteiger partial charge in [-0.15, -0.1) is 6.42 Å². The third-order valence-corrected chi connectivity index (χ3v) is 2.42. The summed E-state index contributed by atoms with van der Waals surface area (Å²) < 4.78 is 19.4. The van der Waals surface area contributed by atoms with Gasteiger partial charge in [0, 0.05) is 0 Å². The average Bonchev–Trinajstić information content (AvgIpc) is 2.01.